The van der Waals surface area contributed by atoms with Gasteiger partial charge in [-0.05, 0) is 48.5 Å². The van der Waals surface area contributed by atoms with E-state index in [9.17, 15) is 0 Å². The zero-order valence-corrected chi connectivity index (χ0v) is 21.8. The van der Waals surface area contributed by atoms with Crippen molar-refractivity contribution in [1.29, 1.82) is 0 Å². The van der Waals surface area contributed by atoms with Gasteiger partial charge in [0.05, 0.1) is 33.1 Å². The second kappa shape index (κ2) is 8.72. The van der Waals surface area contributed by atoms with E-state index in [1.54, 1.807) is 23.5 Å². The molecule has 8 aromatic rings. The summed E-state index contributed by atoms with van der Waals surface area (Å²) in [6.45, 7) is 0. The molecular formula is C30H20N6S2. The Morgan fingerprint density at radius 1 is 0.447 bits per heavy atom. The summed E-state index contributed by atoms with van der Waals surface area (Å²) in [7, 11) is 0. The zero-order valence-electron chi connectivity index (χ0n) is 20.2. The highest BCUT2D eigenvalue weighted by Crippen LogP contribution is 2.32. The van der Waals surface area contributed by atoms with Crippen molar-refractivity contribution in [3.63, 3.8) is 0 Å². The fraction of sp³-hybridized carbons (Fsp3) is 0.0667. The lowest BCUT2D eigenvalue weighted by atomic mass is 10.2. The second-order valence-corrected chi connectivity index (χ2v) is 11.2. The molecule has 4 heterocycles. The summed E-state index contributed by atoms with van der Waals surface area (Å²) in [5, 5.41) is 4.05. The fourth-order valence-electron chi connectivity index (χ4n) is 5.09. The van der Waals surface area contributed by atoms with Gasteiger partial charge in [0.2, 0.25) is 0 Å². The number of fused-ring (bicyclic) bond motifs is 10. The Balaban J connectivity index is 1.16. The topological polar surface area (TPSA) is 60.4 Å². The van der Waals surface area contributed by atoms with Crippen molar-refractivity contribution in [1.82, 2.24) is 28.7 Å². The standard InChI is InChI=1S/C30H20N6S2/c1-3-11-21-19(9-1)27-31-23-13-5-7-15-25(23)35(27)29(33-21)37-17-18-38-30-34-22-12-4-2-10-20(22)28-32-24-14-6-8-16-26(24)36(28)30/h1-16H,17-18H2. The number of imidazole rings is 2. The molecule has 4 aromatic carbocycles. The normalized spacial score (nSPS) is 12.1. The van der Waals surface area contributed by atoms with Crippen molar-refractivity contribution in [2.24, 2.45) is 0 Å². The molecular weight excluding hydrogens is 509 g/mol. The molecule has 8 rings (SSSR count). The highest BCUT2D eigenvalue weighted by atomic mass is 32.2. The summed E-state index contributed by atoms with van der Waals surface area (Å²) >= 11 is 3.51. The van der Waals surface area contributed by atoms with Crippen molar-refractivity contribution in [2.75, 3.05) is 11.5 Å². The van der Waals surface area contributed by atoms with Gasteiger partial charge in [0, 0.05) is 22.3 Å². The Kier molecular flexibility index (Phi) is 5.02. The predicted molar refractivity (Wildman–Crippen MR) is 157 cm³/mol. The van der Waals surface area contributed by atoms with Crippen LogP contribution in [0, 0.1) is 0 Å². The monoisotopic (exact) mass is 528 g/mol. The van der Waals surface area contributed by atoms with Crippen LogP contribution in [0.4, 0.5) is 0 Å². The van der Waals surface area contributed by atoms with E-state index in [1.807, 2.05) is 36.4 Å². The molecule has 4 aromatic heterocycles. The third kappa shape index (κ3) is 3.37. The van der Waals surface area contributed by atoms with Crippen LogP contribution in [0.2, 0.25) is 0 Å². The number of aromatic nitrogens is 6. The van der Waals surface area contributed by atoms with Crippen LogP contribution in [0.15, 0.2) is 107 Å². The van der Waals surface area contributed by atoms with E-state index in [1.165, 1.54) is 0 Å². The number of rotatable bonds is 5. The summed E-state index contributed by atoms with van der Waals surface area (Å²) < 4.78 is 4.39. The molecule has 0 aliphatic carbocycles. The summed E-state index contributed by atoms with van der Waals surface area (Å²) in [5.74, 6) is 1.75. The smallest absolute Gasteiger partial charge is 0.174 e. The molecule has 6 nitrogen and oxygen atoms in total. The Morgan fingerprint density at radius 3 is 1.32 bits per heavy atom. The zero-order chi connectivity index (χ0) is 25.1. The van der Waals surface area contributed by atoms with Crippen molar-refractivity contribution in [3.8, 4) is 0 Å². The molecule has 0 aliphatic heterocycles. The molecule has 0 unspecified atom stereocenters. The van der Waals surface area contributed by atoms with Crippen LogP contribution in [0.5, 0.6) is 0 Å². The molecule has 0 fully saturated rings. The maximum absolute atomic E-state index is 5.04. The van der Waals surface area contributed by atoms with Crippen molar-refractivity contribution in [2.45, 2.75) is 10.3 Å². The van der Waals surface area contributed by atoms with E-state index in [2.05, 4.69) is 69.5 Å². The van der Waals surface area contributed by atoms with Gasteiger partial charge in [0.25, 0.3) is 0 Å². The van der Waals surface area contributed by atoms with Gasteiger partial charge < -0.3 is 0 Å². The lowest BCUT2D eigenvalue weighted by molar-refractivity contribution is 0.949. The van der Waals surface area contributed by atoms with Crippen LogP contribution in [0.3, 0.4) is 0 Å². The first-order valence-electron chi connectivity index (χ1n) is 12.4. The van der Waals surface area contributed by atoms with Gasteiger partial charge in [0.15, 0.2) is 10.3 Å². The van der Waals surface area contributed by atoms with E-state index in [0.717, 1.165) is 77.0 Å². The molecule has 0 amide bonds. The van der Waals surface area contributed by atoms with E-state index >= 15 is 0 Å². The SMILES string of the molecule is c1ccc2c(c1)nc(SCCSc1nc3ccccc3c3nc4ccccc4n13)n1c3ccccc3nc21. The number of hydrogen-bond acceptors (Lipinski definition) is 6. The highest BCUT2D eigenvalue weighted by Gasteiger charge is 2.16. The van der Waals surface area contributed by atoms with E-state index in [0.29, 0.717) is 0 Å². The number of thioether (sulfide) groups is 2. The van der Waals surface area contributed by atoms with Gasteiger partial charge in [-0.2, -0.15) is 0 Å². The lowest BCUT2D eigenvalue weighted by Crippen LogP contribution is -2.00. The molecule has 0 radical (unpaired) electrons. The average Bonchev–Trinajstić information content (AvgIpc) is 3.55. The largest absolute Gasteiger partial charge is 0.271 e. The minimum absolute atomic E-state index is 0.875. The molecule has 0 spiro atoms. The summed E-state index contributed by atoms with van der Waals surface area (Å²) in [4.78, 5) is 20.0. The molecule has 0 bridgehead atoms. The Hall–Kier alpha value is -4.14. The molecule has 0 N–H and O–H groups in total. The Labute approximate surface area is 225 Å². The van der Waals surface area contributed by atoms with E-state index in [-0.39, 0.29) is 0 Å². The first-order chi connectivity index (χ1) is 18.8. The van der Waals surface area contributed by atoms with E-state index < -0.39 is 0 Å². The molecule has 0 saturated carbocycles. The maximum atomic E-state index is 5.04. The number of nitrogens with zero attached hydrogens (tertiary/aromatic N) is 6. The third-order valence-electron chi connectivity index (χ3n) is 6.77. The maximum Gasteiger partial charge on any atom is 0.174 e. The molecule has 0 atom stereocenters. The number of benzene rings is 4. The second-order valence-electron chi connectivity index (χ2n) is 9.04. The first kappa shape index (κ1) is 21.9. The van der Waals surface area contributed by atoms with Gasteiger partial charge in [-0.1, -0.05) is 72.1 Å². The highest BCUT2D eigenvalue weighted by molar-refractivity contribution is 8.02. The lowest BCUT2D eigenvalue weighted by Gasteiger charge is -2.10. The van der Waals surface area contributed by atoms with Crippen LogP contribution in [-0.2, 0) is 0 Å². The molecule has 0 saturated heterocycles. The third-order valence-corrected chi connectivity index (χ3v) is 8.91. The predicted octanol–water partition coefficient (Wildman–Crippen LogP) is 7.27. The Bertz CT molecular complexity index is 2010. The summed E-state index contributed by atoms with van der Waals surface area (Å²) in [5.41, 5.74) is 7.97. The van der Waals surface area contributed by atoms with Crippen molar-refractivity contribution >= 4 is 78.7 Å². The Morgan fingerprint density at radius 2 is 0.842 bits per heavy atom. The van der Waals surface area contributed by atoms with Crippen molar-refractivity contribution in [3.05, 3.63) is 97.1 Å². The van der Waals surface area contributed by atoms with Gasteiger partial charge in [-0.25, -0.2) is 19.9 Å². The summed E-state index contributed by atoms with van der Waals surface area (Å²) in [6, 6.07) is 33.0. The van der Waals surface area contributed by atoms with Gasteiger partial charge in [-0.3, -0.25) is 8.80 Å². The summed E-state index contributed by atoms with van der Waals surface area (Å²) in [6.07, 6.45) is 0. The quantitative estimate of drug-likeness (QED) is 0.133. The minimum Gasteiger partial charge on any atom is -0.271 e. The molecule has 38 heavy (non-hydrogen) atoms. The molecule has 8 heteroatoms. The average molecular weight is 529 g/mol. The van der Waals surface area contributed by atoms with E-state index in [4.69, 9.17) is 19.9 Å². The van der Waals surface area contributed by atoms with Crippen LogP contribution in [-0.4, -0.2) is 40.2 Å². The van der Waals surface area contributed by atoms with Crippen molar-refractivity contribution < 1.29 is 0 Å². The van der Waals surface area contributed by atoms with Gasteiger partial charge in [0.1, 0.15) is 11.3 Å². The minimum atomic E-state index is 0.875. The van der Waals surface area contributed by atoms with Gasteiger partial charge >= 0.3 is 0 Å². The first-order valence-corrected chi connectivity index (χ1v) is 14.4. The fourth-order valence-corrected chi connectivity index (χ4v) is 7.07. The van der Waals surface area contributed by atoms with Crippen LogP contribution >= 0.6 is 23.5 Å². The van der Waals surface area contributed by atoms with Crippen LogP contribution < -0.4 is 0 Å². The molecule has 182 valence electrons. The van der Waals surface area contributed by atoms with Crippen LogP contribution in [0.1, 0.15) is 0 Å². The number of hydrogen-bond donors (Lipinski definition) is 0. The van der Waals surface area contributed by atoms with Crippen LogP contribution in [0.25, 0.3) is 55.2 Å². The molecule has 0 aliphatic rings. The van der Waals surface area contributed by atoms with Gasteiger partial charge in [-0.15, -0.1) is 0 Å². The number of para-hydroxylation sites is 6.